The molecule has 1 unspecified atom stereocenters. The zero-order valence-electron chi connectivity index (χ0n) is 12.1. The monoisotopic (exact) mass is 354 g/mol. The molecule has 1 saturated carbocycles. The number of rotatable bonds is 5. The van der Waals surface area contributed by atoms with E-state index in [2.05, 4.69) is 26.6 Å². The molecular formula is C15H19BrN2O3. The average Bonchev–Trinajstić information content (AvgIpc) is 3.16. The van der Waals surface area contributed by atoms with E-state index < -0.39 is 5.97 Å². The van der Waals surface area contributed by atoms with Crippen LogP contribution < -0.4 is 10.6 Å². The zero-order chi connectivity index (χ0) is 15.6. The molecular weight excluding hydrogens is 336 g/mol. The van der Waals surface area contributed by atoms with Gasteiger partial charge in [-0.25, -0.2) is 4.79 Å². The van der Waals surface area contributed by atoms with Crippen molar-refractivity contribution in [2.75, 3.05) is 5.32 Å². The molecule has 1 aliphatic carbocycles. The number of carboxylic acids is 1. The fourth-order valence-corrected chi connectivity index (χ4v) is 3.19. The smallest absolute Gasteiger partial charge is 0.319 e. The molecule has 0 bridgehead atoms. The minimum Gasteiger partial charge on any atom is -0.481 e. The number of carbonyl (C=O) groups is 2. The van der Waals surface area contributed by atoms with Crippen LogP contribution >= 0.6 is 15.9 Å². The molecule has 0 aromatic heterocycles. The van der Waals surface area contributed by atoms with Crippen molar-refractivity contribution in [3.63, 3.8) is 0 Å². The maximum absolute atomic E-state index is 12.1. The molecule has 0 spiro atoms. The molecule has 2 amide bonds. The van der Waals surface area contributed by atoms with Crippen molar-refractivity contribution in [3.8, 4) is 0 Å². The van der Waals surface area contributed by atoms with Crippen molar-refractivity contribution >= 4 is 33.6 Å². The van der Waals surface area contributed by atoms with E-state index >= 15 is 0 Å². The molecule has 5 nitrogen and oxygen atoms in total. The summed E-state index contributed by atoms with van der Waals surface area (Å²) in [6.07, 6.45) is 1.92. The highest BCUT2D eigenvalue weighted by molar-refractivity contribution is 9.10. The number of hydrogen-bond acceptors (Lipinski definition) is 2. The Labute approximate surface area is 132 Å². The summed E-state index contributed by atoms with van der Waals surface area (Å²) in [5.74, 6) is -0.602. The van der Waals surface area contributed by atoms with Crippen LogP contribution in [-0.4, -0.2) is 23.1 Å². The highest BCUT2D eigenvalue weighted by Crippen LogP contribution is 2.34. The summed E-state index contributed by atoms with van der Waals surface area (Å²) in [7, 11) is 0. The summed E-state index contributed by atoms with van der Waals surface area (Å²) < 4.78 is 0.816. The van der Waals surface area contributed by atoms with Crippen molar-refractivity contribution in [1.82, 2.24) is 5.32 Å². The van der Waals surface area contributed by atoms with Gasteiger partial charge in [0.15, 0.2) is 0 Å². The number of benzene rings is 1. The van der Waals surface area contributed by atoms with Crippen molar-refractivity contribution in [2.45, 2.75) is 39.2 Å². The third kappa shape index (κ3) is 4.46. The summed E-state index contributed by atoms with van der Waals surface area (Å²) in [4.78, 5) is 22.9. The SMILES string of the molecule is Cc1cc(C)c(NC(=O)NC(CC(=O)O)C2CC2)c(Br)c1. The van der Waals surface area contributed by atoms with E-state index in [1.807, 2.05) is 26.0 Å². The lowest BCUT2D eigenvalue weighted by molar-refractivity contribution is -0.137. The first-order valence-electron chi connectivity index (χ1n) is 6.93. The fourth-order valence-electron chi connectivity index (χ4n) is 2.41. The Morgan fingerprint density at radius 2 is 2.05 bits per heavy atom. The number of hydrogen-bond donors (Lipinski definition) is 3. The summed E-state index contributed by atoms with van der Waals surface area (Å²) >= 11 is 3.44. The van der Waals surface area contributed by atoms with Crippen LogP contribution in [0.25, 0.3) is 0 Å². The molecule has 0 radical (unpaired) electrons. The third-order valence-electron chi connectivity index (χ3n) is 3.57. The Bertz CT molecular complexity index is 547. The number of halogens is 1. The molecule has 0 heterocycles. The quantitative estimate of drug-likeness (QED) is 0.757. The number of urea groups is 1. The molecule has 21 heavy (non-hydrogen) atoms. The number of aryl methyl sites for hydroxylation is 2. The first kappa shape index (κ1) is 15.8. The summed E-state index contributed by atoms with van der Waals surface area (Å²) in [5, 5.41) is 14.5. The van der Waals surface area contributed by atoms with Crippen LogP contribution in [0.4, 0.5) is 10.5 Å². The lowest BCUT2D eigenvalue weighted by atomic mass is 10.1. The molecule has 1 aromatic rings. The van der Waals surface area contributed by atoms with Gasteiger partial charge in [-0.3, -0.25) is 4.79 Å². The van der Waals surface area contributed by atoms with Gasteiger partial charge in [-0.1, -0.05) is 6.07 Å². The van der Waals surface area contributed by atoms with Gasteiger partial charge in [0.05, 0.1) is 12.1 Å². The predicted molar refractivity (Wildman–Crippen MR) is 84.5 cm³/mol. The van der Waals surface area contributed by atoms with Gasteiger partial charge in [0, 0.05) is 10.5 Å². The molecule has 2 rings (SSSR count). The van der Waals surface area contributed by atoms with Crippen LogP contribution in [-0.2, 0) is 4.79 Å². The van der Waals surface area contributed by atoms with Crippen LogP contribution in [0.3, 0.4) is 0 Å². The average molecular weight is 355 g/mol. The fraction of sp³-hybridized carbons (Fsp3) is 0.467. The van der Waals surface area contributed by atoms with Gasteiger partial charge in [0.2, 0.25) is 0 Å². The largest absolute Gasteiger partial charge is 0.481 e. The second-order valence-corrected chi connectivity index (χ2v) is 6.43. The minimum absolute atomic E-state index is 0.0356. The van der Waals surface area contributed by atoms with E-state index in [1.54, 1.807) is 0 Å². The highest BCUT2D eigenvalue weighted by atomic mass is 79.9. The Morgan fingerprint density at radius 3 is 2.57 bits per heavy atom. The topological polar surface area (TPSA) is 78.4 Å². The van der Waals surface area contributed by atoms with Gasteiger partial charge >= 0.3 is 12.0 Å². The number of carboxylic acid groups (broad SMARTS) is 1. The molecule has 6 heteroatoms. The molecule has 1 aliphatic rings. The Hall–Kier alpha value is -1.56. The normalized spacial score (nSPS) is 15.4. The molecule has 1 atom stereocenters. The number of anilines is 1. The van der Waals surface area contributed by atoms with Crippen molar-refractivity contribution in [1.29, 1.82) is 0 Å². The Morgan fingerprint density at radius 1 is 1.38 bits per heavy atom. The Balaban J connectivity index is 2.02. The number of aliphatic carboxylic acids is 1. The maximum atomic E-state index is 12.1. The lowest BCUT2D eigenvalue weighted by Crippen LogP contribution is -2.40. The van der Waals surface area contributed by atoms with Gasteiger partial charge in [-0.2, -0.15) is 0 Å². The summed E-state index contributed by atoms with van der Waals surface area (Å²) in [6.45, 7) is 3.90. The second kappa shape index (κ2) is 6.47. The number of nitrogens with one attached hydrogen (secondary N) is 2. The van der Waals surface area contributed by atoms with E-state index in [-0.39, 0.29) is 24.4 Å². The van der Waals surface area contributed by atoms with E-state index in [4.69, 9.17) is 5.11 Å². The van der Waals surface area contributed by atoms with Gasteiger partial charge in [0.25, 0.3) is 0 Å². The summed E-state index contributed by atoms with van der Waals surface area (Å²) in [6, 6.07) is 3.25. The summed E-state index contributed by atoms with van der Waals surface area (Å²) in [5.41, 5.74) is 2.77. The first-order valence-corrected chi connectivity index (χ1v) is 7.72. The van der Waals surface area contributed by atoms with Crippen LogP contribution in [0.1, 0.15) is 30.4 Å². The first-order chi connectivity index (χ1) is 9.86. The molecule has 0 aliphatic heterocycles. The molecule has 3 N–H and O–H groups in total. The second-order valence-electron chi connectivity index (χ2n) is 5.58. The van der Waals surface area contributed by atoms with Gasteiger partial charge in [-0.15, -0.1) is 0 Å². The van der Waals surface area contributed by atoms with Crippen molar-refractivity contribution in [2.24, 2.45) is 5.92 Å². The maximum Gasteiger partial charge on any atom is 0.319 e. The van der Waals surface area contributed by atoms with Crippen molar-refractivity contribution < 1.29 is 14.7 Å². The van der Waals surface area contributed by atoms with Gasteiger partial charge in [0.1, 0.15) is 0 Å². The number of carbonyl (C=O) groups excluding carboxylic acids is 1. The zero-order valence-corrected chi connectivity index (χ0v) is 13.7. The molecule has 1 aromatic carbocycles. The van der Waals surface area contributed by atoms with E-state index in [0.717, 1.165) is 28.4 Å². The van der Waals surface area contributed by atoms with E-state index in [0.29, 0.717) is 5.69 Å². The predicted octanol–water partition coefficient (Wildman–Crippen LogP) is 3.44. The minimum atomic E-state index is -0.889. The number of amides is 2. The van der Waals surface area contributed by atoms with Crippen LogP contribution in [0.2, 0.25) is 0 Å². The third-order valence-corrected chi connectivity index (χ3v) is 4.20. The lowest BCUT2D eigenvalue weighted by Gasteiger charge is -2.18. The van der Waals surface area contributed by atoms with Gasteiger partial charge in [-0.05, 0) is 65.7 Å². The van der Waals surface area contributed by atoms with Crippen molar-refractivity contribution in [3.05, 3.63) is 27.7 Å². The van der Waals surface area contributed by atoms with Crippen LogP contribution in [0, 0.1) is 19.8 Å². The van der Waals surface area contributed by atoms with Crippen LogP contribution in [0.15, 0.2) is 16.6 Å². The molecule has 1 fully saturated rings. The van der Waals surface area contributed by atoms with E-state index in [1.165, 1.54) is 0 Å². The highest BCUT2D eigenvalue weighted by Gasteiger charge is 2.33. The standard InChI is InChI=1S/C15H19BrN2O3/c1-8-5-9(2)14(11(16)6-8)18-15(21)17-12(7-13(19)20)10-3-4-10/h5-6,10,12H,3-4,7H2,1-2H3,(H,19,20)(H2,17,18,21). The molecule has 0 saturated heterocycles. The van der Waals surface area contributed by atoms with Gasteiger partial charge < -0.3 is 15.7 Å². The van der Waals surface area contributed by atoms with E-state index in [9.17, 15) is 9.59 Å². The Kier molecular flexibility index (Phi) is 4.88. The van der Waals surface area contributed by atoms with Crippen LogP contribution in [0.5, 0.6) is 0 Å². The molecule has 114 valence electrons.